The Morgan fingerprint density at radius 2 is 2.00 bits per heavy atom. The molecule has 1 fully saturated rings. The summed E-state index contributed by atoms with van der Waals surface area (Å²) in [6, 6.07) is 11.6. The SMILES string of the molecule is CCN(CC1CCCN(Cc2ccc(OC)cc2)C1)C(=O)c1cc2c(F)cc(F)cc2[nH]1. The number of methoxy groups -OCH3 is 1. The van der Waals surface area contributed by atoms with Crippen LogP contribution in [-0.2, 0) is 6.54 Å². The van der Waals surface area contributed by atoms with Gasteiger partial charge in [-0.25, -0.2) is 8.78 Å². The van der Waals surface area contributed by atoms with E-state index in [9.17, 15) is 13.6 Å². The first kappa shape index (κ1) is 22.3. The summed E-state index contributed by atoms with van der Waals surface area (Å²) in [6.07, 6.45) is 2.15. The summed E-state index contributed by atoms with van der Waals surface area (Å²) < 4.78 is 32.8. The van der Waals surface area contributed by atoms with Gasteiger partial charge < -0.3 is 14.6 Å². The van der Waals surface area contributed by atoms with Gasteiger partial charge in [0.25, 0.3) is 5.91 Å². The van der Waals surface area contributed by atoms with Crippen LogP contribution in [0.1, 0.15) is 35.8 Å². The smallest absolute Gasteiger partial charge is 0.270 e. The van der Waals surface area contributed by atoms with Gasteiger partial charge in [0.2, 0.25) is 0 Å². The van der Waals surface area contributed by atoms with Gasteiger partial charge in [0.05, 0.1) is 12.6 Å². The topological polar surface area (TPSA) is 48.6 Å². The number of aromatic amines is 1. The first-order valence-electron chi connectivity index (χ1n) is 11.1. The van der Waals surface area contributed by atoms with Crippen LogP contribution in [0.5, 0.6) is 5.75 Å². The number of aromatic nitrogens is 1. The van der Waals surface area contributed by atoms with Crippen LogP contribution in [0.4, 0.5) is 8.78 Å². The van der Waals surface area contributed by atoms with E-state index in [1.807, 2.05) is 19.1 Å². The molecular weight excluding hydrogens is 412 g/mol. The van der Waals surface area contributed by atoms with Gasteiger partial charge in [-0.3, -0.25) is 9.69 Å². The summed E-state index contributed by atoms with van der Waals surface area (Å²) in [6.45, 7) is 5.96. The van der Waals surface area contributed by atoms with Crippen LogP contribution in [-0.4, -0.2) is 54.0 Å². The van der Waals surface area contributed by atoms with E-state index in [-0.39, 0.29) is 17.0 Å². The molecule has 0 radical (unpaired) electrons. The zero-order valence-electron chi connectivity index (χ0n) is 18.5. The summed E-state index contributed by atoms with van der Waals surface area (Å²) in [4.78, 5) is 20.2. The minimum absolute atomic E-state index is 0.184. The van der Waals surface area contributed by atoms with Crippen LogP contribution in [0.15, 0.2) is 42.5 Å². The third kappa shape index (κ3) is 4.93. The summed E-state index contributed by atoms with van der Waals surface area (Å²) in [5.41, 5.74) is 1.82. The average Bonchev–Trinajstić information content (AvgIpc) is 3.22. The molecule has 2 heterocycles. The number of halogens is 2. The molecule has 1 unspecified atom stereocenters. The Kier molecular flexibility index (Phi) is 6.74. The van der Waals surface area contributed by atoms with Gasteiger partial charge in [0.15, 0.2) is 0 Å². The maximum absolute atomic E-state index is 14.0. The Labute approximate surface area is 187 Å². The molecule has 7 heteroatoms. The number of nitrogens with one attached hydrogen (secondary N) is 1. The van der Waals surface area contributed by atoms with Crippen molar-refractivity contribution in [3.8, 4) is 5.75 Å². The number of benzene rings is 2. The maximum atomic E-state index is 14.0. The standard InChI is InChI=1S/C25H29F2N3O2/c1-3-30(25(31)24-13-21-22(27)11-19(26)12-23(21)28-24)16-18-5-4-10-29(15-18)14-17-6-8-20(32-2)9-7-17/h6-9,11-13,18,28H,3-5,10,14-16H2,1-2H3. The van der Waals surface area contributed by atoms with Crippen LogP contribution in [0.25, 0.3) is 10.9 Å². The van der Waals surface area contributed by atoms with E-state index in [0.717, 1.165) is 44.3 Å². The van der Waals surface area contributed by atoms with Gasteiger partial charge in [-0.05, 0) is 62.1 Å². The summed E-state index contributed by atoms with van der Waals surface area (Å²) in [5, 5.41) is 0.231. The second-order valence-corrected chi connectivity index (χ2v) is 8.47. The molecule has 1 atom stereocenters. The third-order valence-corrected chi connectivity index (χ3v) is 6.20. The fourth-order valence-corrected chi connectivity index (χ4v) is 4.55. The number of carbonyl (C=O) groups excluding carboxylic acids is 1. The number of likely N-dealkylation sites (tertiary alicyclic amines) is 1. The molecule has 1 aliphatic heterocycles. The highest BCUT2D eigenvalue weighted by atomic mass is 19.1. The quantitative estimate of drug-likeness (QED) is 0.571. The molecule has 1 amide bonds. The Morgan fingerprint density at radius 1 is 1.22 bits per heavy atom. The second-order valence-electron chi connectivity index (χ2n) is 8.47. The molecule has 1 N–H and O–H groups in total. The van der Waals surface area contributed by atoms with Crippen molar-refractivity contribution in [3.05, 3.63) is 65.4 Å². The molecule has 2 aromatic carbocycles. The first-order valence-corrected chi connectivity index (χ1v) is 11.1. The summed E-state index contributed by atoms with van der Waals surface area (Å²) in [5.74, 6) is -0.302. The van der Waals surface area contributed by atoms with Gasteiger partial charge in [-0.15, -0.1) is 0 Å². The maximum Gasteiger partial charge on any atom is 0.270 e. The number of hydrogen-bond donors (Lipinski definition) is 1. The molecule has 170 valence electrons. The lowest BCUT2D eigenvalue weighted by Gasteiger charge is -2.35. The lowest BCUT2D eigenvalue weighted by atomic mass is 9.96. The molecule has 1 saturated heterocycles. The molecule has 32 heavy (non-hydrogen) atoms. The fraction of sp³-hybridized carbons (Fsp3) is 0.400. The monoisotopic (exact) mass is 441 g/mol. The lowest BCUT2D eigenvalue weighted by molar-refractivity contribution is 0.0680. The van der Waals surface area contributed by atoms with Crippen molar-refractivity contribution in [2.75, 3.05) is 33.3 Å². The predicted octanol–water partition coefficient (Wildman–Crippen LogP) is 4.83. The summed E-state index contributed by atoms with van der Waals surface area (Å²) in [7, 11) is 1.66. The Hall–Kier alpha value is -2.93. The van der Waals surface area contributed by atoms with Crippen molar-refractivity contribution in [1.29, 1.82) is 0 Å². The van der Waals surface area contributed by atoms with Gasteiger partial charge >= 0.3 is 0 Å². The van der Waals surface area contributed by atoms with Crippen LogP contribution < -0.4 is 4.74 Å². The highest BCUT2D eigenvalue weighted by Crippen LogP contribution is 2.24. The fourth-order valence-electron chi connectivity index (χ4n) is 4.55. The Morgan fingerprint density at radius 3 is 2.72 bits per heavy atom. The Balaban J connectivity index is 1.41. The van der Waals surface area contributed by atoms with E-state index in [1.54, 1.807) is 12.0 Å². The summed E-state index contributed by atoms with van der Waals surface area (Å²) >= 11 is 0. The number of carbonyl (C=O) groups is 1. The predicted molar refractivity (Wildman–Crippen MR) is 121 cm³/mol. The molecule has 0 saturated carbocycles. The number of hydrogen-bond acceptors (Lipinski definition) is 3. The number of ether oxygens (including phenoxy) is 1. The van der Waals surface area contributed by atoms with Crippen molar-refractivity contribution < 1.29 is 18.3 Å². The van der Waals surface area contributed by atoms with Crippen molar-refractivity contribution in [1.82, 2.24) is 14.8 Å². The number of nitrogens with zero attached hydrogens (tertiary/aromatic N) is 2. The van der Waals surface area contributed by atoms with Crippen LogP contribution in [0.3, 0.4) is 0 Å². The molecule has 1 aromatic heterocycles. The van der Waals surface area contributed by atoms with Gasteiger partial charge in [0.1, 0.15) is 23.1 Å². The average molecular weight is 442 g/mol. The van der Waals surface area contributed by atoms with Crippen LogP contribution >= 0.6 is 0 Å². The number of amides is 1. The van der Waals surface area contributed by atoms with E-state index in [4.69, 9.17) is 4.74 Å². The van der Waals surface area contributed by atoms with Crippen LogP contribution in [0.2, 0.25) is 0 Å². The van der Waals surface area contributed by atoms with Crippen molar-refractivity contribution >= 4 is 16.8 Å². The molecular formula is C25H29F2N3O2. The van der Waals surface area contributed by atoms with Gasteiger partial charge in [0, 0.05) is 37.6 Å². The molecule has 0 bridgehead atoms. The van der Waals surface area contributed by atoms with E-state index >= 15 is 0 Å². The number of piperidine rings is 1. The van der Waals surface area contributed by atoms with E-state index in [0.29, 0.717) is 24.5 Å². The van der Waals surface area contributed by atoms with Crippen molar-refractivity contribution in [2.45, 2.75) is 26.3 Å². The largest absolute Gasteiger partial charge is 0.497 e. The molecule has 3 aromatic rings. The lowest BCUT2D eigenvalue weighted by Crippen LogP contribution is -2.42. The Bertz CT molecular complexity index is 1080. The van der Waals surface area contributed by atoms with E-state index in [1.165, 1.54) is 17.7 Å². The normalized spacial score (nSPS) is 16.9. The van der Waals surface area contributed by atoms with Crippen LogP contribution in [0, 0.1) is 17.6 Å². The molecule has 0 aliphatic carbocycles. The van der Waals surface area contributed by atoms with Crippen molar-refractivity contribution in [2.24, 2.45) is 5.92 Å². The zero-order chi connectivity index (χ0) is 22.7. The minimum atomic E-state index is -0.667. The molecule has 1 aliphatic rings. The highest BCUT2D eigenvalue weighted by Gasteiger charge is 2.25. The molecule has 0 spiro atoms. The number of H-pyrrole nitrogens is 1. The van der Waals surface area contributed by atoms with E-state index < -0.39 is 11.6 Å². The van der Waals surface area contributed by atoms with Gasteiger partial charge in [-0.2, -0.15) is 0 Å². The first-order chi connectivity index (χ1) is 15.5. The second kappa shape index (κ2) is 9.69. The number of rotatable bonds is 7. The molecule has 4 rings (SSSR count). The third-order valence-electron chi connectivity index (χ3n) is 6.20. The molecule has 5 nitrogen and oxygen atoms in total. The minimum Gasteiger partial charge on any atom is -0.497 e. The van der Waals surface area contributed by atoms with Crippen molar-refractivity contribution in [3.63, 3.8) is 0 Å². The zero-order valence-corrected chi connectivity index (χ0v) is 18.5. The van der Waals surface area contributed by atoms with Gasteiger partial charge in [-0.1, -0.05) is 12.1 Å². The highest BCUT2D eigenvalue weighted by molar-refractivity contribution is 5.98. The number of fused-ring (bicyclic) bond motifs is 1. The van der Waals surface area contributed by atoms with E-state index in [2.05, 4.69) is 22.0 Å².